The summed E-state index contributed by atoms with van der Waals surface area (Å²) in [5.41, 5.74) is -0.114. The molecule has 0 spiro atoms. The van der Waals surface area contributed by atoms with Crippen LogP contribution in [0.2, 0.25) is 10.0 Å². The van der Waals surface area contributed by atoms with E-state index in [2.05, 4.69) is 9.97 Å². The second-order valence-electron chi connectivity index (χ2n) is 4.44. The van der Waals surface area contributed by atoms with E-state index in [9.17, 15) is 14.9 Å². The Morgan fingerprint density at radius 1 is 1.14 bits per heavy atom. The topological polar surface area (TPSA) is 88.9 Å². The monoisotopic (exact) mass is 335 g/mol. The zero-order chi connectivity index (χ0) is 15.9. The molecule has 0 aliphatic heterocycles. The van der Waals surface area contributed by atoms with Crippen molar-refractivity contribution in [2.45, 2.75) is 0 Å². The number of para-hydroxylation sites is 1. The number of nitro groups is 1. The molecule has 2 aromatic carbocycles. The van der Waals surface area contributed by atoms with Crippen LogP contribution < -0.4 is 5.56 Å². The molecule has 8 heteroatoms. The van der Waals surface area contributed by atoms with Gasteiger partial charge < -0.3 is 4.98 Å². The van der Waals surface area contributed by atoms with Gasteiger partial charge in [-0.2, -0.15) is 0 Å². The fourth-order valence-electron chi connectivity index (χ4n) is 2.10. The minimum Gasteiger partial charge on any atom is -0.306 e. The summed E-state index contributed by atoms with van der Waals surface area (Å²) >= 11 is 12.1. The zero-order valence-electron chi connectivity index (χ0n) is 10.8. The Kier molecular flexibility index (Phi) is 3.56. The van der Waals surface area contributed by atoms with Crippen LogP contribution in [-0.4, -0.2) is 14.9 Å². The lowest BCUT2D eigenvalue weighted by molar-refractivity contribution is -0.384. The van der Waals surface area contributed by atoms with Crippen molar-refractivity contribution in [1.82, 2.24) is 9.97 Å². The summed E-state index contributed by atoms with van der Waals surface area (Å²) in [5, 5.41) is 11.4. The quantitative estimate of drug-likeness (QED) is 0.569. The third-order valence-electron chi connectivity index (χ3n) is 3.12. The minimum absolute atomic E-state index is 0.0856. The van der Waals surface area contributed by atoms with Gasteiger partial charge in [-0.3, -0.25) is 14.9 Å². The molecule has 0 amide bonds. The highest BCUT2D eigenvalue weighted by Gasteiger charge is 2.21. The summed E-state index contributed by atoms with van der Waals surface area (Å²) in [4.78, 5) is 29.3. The molecular weight excluding hydrogens is 329 g/mol. The first-order chi connectivity index (χ1) is 10.5. The molecule has 1 N–H and O–H groups in total. The van der Waals surface area contributed by atoms with Crippen LogP contribution in [0.15, 0.2) is 41.2 Å². The van der Waals surface area contributed by atoms with E-state index in [4.69, 9.17) is 23.2 Å². The van der Waals surface area contributed by atoms with Gasteiger partial charge in [0.1, 0.15) is 10.8 Å². The molecule has 1 heterocycles. The molecule has 3 rings (SSSR count). The lowest BCUT2D eigenvalue weighted by Gasteiger charge is -2.07. The lowest BCUT2D eigenvalue weighted by atomic mass is 10.1. The van der Waals surface area contributed by atoms with Gasteiger partial charge in [0.05, 0.1) is 26.4 Å². The fraction of sp³-hybridized carbons (Fsp3) is 0. The number of rotatable bonds is 2. The van der Waals surface area contributed by atoms with E-state index in [0.717, 1.165) is 0 Å². The van der Waals surface area contributed by atoms with E-state index in [0.29, 0.717) is 10.9 Å². The van der Waals surface area contributed by atoms with E-state index in [-0.39, 0.29) is 32.7 Å². The van der Waals surface area contributed by atoms with Crippen LogP contribution in [0.1, 0.15) is 0 Å². The largest absolute Gasteiger partial charge is 0.306 e. The second-order valence-corrected chi connectivity index (χ2v) is 5.23. The zero-order valence-corrected chi connectivity index (χ0v) is 12.4. The highest BCUT2D eigenvalue weighted by molar-refractivity contribution is 6.40. The average molecular weight is 336 g/mol. The van der Waals surface area contributed by atoms with Crippen molar-refractivity contribution < 1.29 is 4.92 Å². The molecule has 1 aromatic heterocycles. The number of hydrogen-bond donors (Lipinski definition) is 1. The Morgan fingerprint density at radius 2 is 1.86 bits per heavy atom. The van der Waals surface area contributed by atoms with Crippen molar-refractivity contribution in [3.8, 4) is 11.4 Å². The van der Waals surface area contributed by atoms with Crippen molar-refractivity contribution >= 4 is 39.8 Å². The predicted octanol–water partition coefficient (Wildman–Crippen LogP) is 3.81. The van der Waals surface area contributed by atoms with Gasteiger partial charge in [0.15, 0.2) is 0 Å². The molecular formula is C14H7Cl2N3O3. The molecule has 0 bridgehead atoms. The summed E-state index contributed by atoms with van der Waals surface area (Å²) < 4.78 is 0. The van der Waals surface area contributed by atoms with Crippen LogP contribution in [0.4, 0.5) is 5.69 Å². The van der Waals surface area contributed by atoms with Crippen LogP contribution in [0.25, 0.3) is 22.3 Å². The SMILES string of the molecule is O=c1[nH]c(-c2c(Cl)ccc([N+](=O)[O-])c2Cl)nc2ccccc12. The van der Waals surface area contributed by atoms with Crippen molar-refractivity contribution in [2.75, 3.05) is 0 Å². The fourth-order valence-corrected chi connectivity index (χ4v) is 2.72. The predicted molar refractivity (Wildman–Crippen MR) is 84.5 cm³/mol. The first-order valence-electron chi connectivity index (χ1n) is 6.11. The smallest absolute Gasteiger partial charge is 0.288 e. The maximum Gasteiger partial charge on any atom is 0.288 e. The van der Waals surface area contributed by atoms with Gasteiger partial charge in [-0.25, -0.2) is 4.98 Å². The molecule has 6 nitrogen and oxygen atoms in total. The first-order valence-corrected chi connectivity index (χ1v) is 6.86. The van der Waals surface area contributed by atoms with Gasteiger partial charge in [-0.15, -0.1) is 0 Å². The molecule has 0 saturated heterocycles. The molecule has 3 aromatic rings. The normalized spacial score (nSPS) is 10.8. The van der Waals surface area contributed by atoms with Gasteiger partial charge in [0, 0.05) is 6.07 Å². The van der Waals surface area contributed by atoms with E-state index < -0.39 is 4.92 Å². The lowest BCUT2D eigenvalue weighted by Crippen LogP contribution is -2.10. The van der Waals surface area contributed by atoms with E-state index in [1.165, 1.54) is 12.1 Å². The van der Waals surface area contributed by atoms with E-state index in [1.54, 1.807) is 24.3 Å². The van der Waals surface area contributed by atoms with Gasteiger partial charge in [0.25, 0.3) is 11.2 Å². The number of halogens is 2. The number of nitro benzene ring substituents is 1. The Morgan fingerprint density at radius 3 is 2.59 bits per heavy atom. The van der Waals surface area contributed by atoms with Crippen molar-refractivity contribution in [1.29, 1.82) is 0 Å². The summed E-state index contributed by atoms with van der Waals surface area (Å²) in [6.45, 7) is 0. The van der Waals surface area contributed by atoms with Crippen molar-refractivity contribution in [2.24, 2.45) is 0 Å². The van der Waals surface area contributed by atoms with Crippen molar-refractivity contribution in [3.05, 3.63) is 66.9 Å². The molecule has 0 atom stereocenters. The number of nitrogens with one attached hydrogen (secondary N) is 1. The number of benzene rings is 2. The molecule has 0 aliphatic rings. The molecule has 0 radical (unpaired) electrons. The van der Waals surface area contributed by atoms with Crippen LogP contribution in [0.3, 0.4) is 0 Å². The number of H-pyrrole nitrogens is 1. The number of aromatic amines is 1. The van der Waals surface area contributed by atoms with Gasteiger partial charge >= 0.3 is 0 Å². The summed E-state index contributed by atoms with van der Waals surface area (Å²) in [6, 6.07) is 9.28. The van der Waals surface area contributed by atoms with E-state index >= 15 is 0 Å². The third-order valence-corrected chi connectivity index (χ3v) is 3.81. The highest BCUT2D eigenvalue weighted by atomic mass is 35.5. The standard InChI is InChI=1S/C14H7Cl2N3O3/c15-8-5-6-10(19(21)22)12(16)11(8)13-17-9-4-2-1-3-7(9)14(20)18-13/h1-6H,(H,17,18,20). The molecule has 22 heavy (non-hydrogen) atoms. The number of hydrogen-bond acceptors (Lipinski definition) is 4. The molecule has 0 fully saturated rings. The van der Waals surface area contributed by atoms with Gasteiger partial charge in [-0.1, -0.05) is 35.3 Å². The van der Waals surface area contributed by atoms with Gasteiger partial charge in [-0.05, 0) is 18.2 Å². The maximum atomic E-state index is 12.1. The number of nitrogens with zero attached hydrogens (tertiary/aromatic N) is 2. The maximum absolute atomic E-state index is 12.1. The van der Waals surface area contributed by atoms with Crippen LogP contribution in [0, 0.1) is 10.1 Å². The minimum atomic E-state index is -0.624. The van der Waals surface area contributed by atoms with Crippen LogP contribution in [0.5, 0.6) is 0 Å². The van der Waals surface area contributed by atoms with Crippen LogP contribution in [-0.2, 0) is 0 Å². The Hall–Kier alpha value is -2.44. The summed E-state index contributed by atoms with van der Waals surface area (Å²) in [5.74, 6) is 0.0856. The Bertz CT molecular complexity index is 969. The van der Waals surface area contributed by atoms with Crippen molar-refractivity contribution in [3.63, 3.8) is 0 Å². The Labute approximate surface area is 133 Å². The second kappa shape index (κ2) is 5.40. The Balaban J connectivity index is 2.35. The van der Waals surface area contributed by atoms with Gasteiger partial charge in [0.2, 0.25) is 0 Å². The van der Waals surface area contributed by atoms with Crippen LogP contribution >= 0.6 is 23.2 Å². The first kappa shape index (κ1) is 14.5. The summed E-state index contributed by atoms with van der Waals surface area (Å²) in [7, 11) is 0. The highest BCUT2D eigenvalue weighted by Crippen LogP contribution is 2.38. The summed E-state index contributed by atoms with van der Waals surface area (Å²) in [6.07, 6.45) is 0. The average Bonchev–Trinajstić information content (AvgIpc) is 2.47. The molecule has 0 saturated carbocycles. The number of fused-ring (bicyclic) bond motifs is 1. The van der Waals surface area contributed by atoms with E-state index in [1.807, 2.05) is 0 Å². The molecule has 0 aliphatic carbocycles. The number of aromatic nitrogens is 2. The molecule has 0 unspecified atom stereocenters. The molecule has 110 valence electrons. The third kappa shape index (κ3) is 2.32.